The van der Waals surface area contributed by atoms with Gasteiger partial charge in [-0.1, -0.05) is 6.08 Å². The number of rotatable bonds is 1. The molecule has 3 heterocycles. The molecular formula is C9H11NO. The zero-order valence-corrected chi connectivity index (χ0v) is 6.38. The molecule has 3 aliphatic heterocycles. The van der Waals surface area contributed by atoms with Gasteiger partial charge >= 0.3 is 0 Å². The van der Waals surface area contributed by atoms with Crippen LogP contribution in [0.15, 0.2) is 23.4 Å². The molecule has 0 aromatic heterocycles. The third-order valence-corrected chi connectivity index (χ3v) is 3.02. The van der Waals surface area contributed by atoms with E-state index in [1.165, 1.54) is 11.1 Å². The van der Waals surface area contributed by atoms with Crippen molar-refractivity contribution in [2.24, 2.45) is 0 Å². The van der Waals surface area contributed by atoms with Gasteiger partial charge in [-0.3, -0.25) is 0 Å². The van der Waals surface area contributed by atoms with Gasteiger partial charge in [-0.25, -0.2) is 0 Å². The summed E-state index contributed by atoms with van der Waals surface area (Å²) in [4.78, 5) is 2.28. The predicted octanol–water partition coefficient (Wildman–Crippen LogP) is 0.651. The molecule has 2 nitrogen and oxygen atoms in total. The van der Waals surface area contributed by atoms with Gasteiger partial charge in [0.15, 0.2) is 0 Å². The third-order valence-electron chi connectivity index (χ3n) is 3.02. The summed E-state index contributed by atoms with van der Waals surface area (Å²) < 4.78 is 0. The summed E-state index contributed by atoms with van der Waals surface area (Å²) in [7, 11) is 0. The number of nitrogens with zero attached hydrogens (tertiary/aromatic N) is 1. The smallest absolute Gasteiger partial charge is 0.0854 e. The van der Waals surface area contributed by atoms with Crippen LogP contribution in [0.4, 0.5) is 0 Å². The van der Waals surface area contributed by atoms with Gasteiger partial charge in [0.1, 0.15) is 0 Å². The van der Waals surface area contributed by atoms with Gasteiger partial charge in [0.05, 0.1) is 12.1 Å². The molecule has 0 aromatic rings. The summed E-state index contributed by atoms with van der Waals surface area (Å²) in [6.45, 7) is 1.33. The van der Waals surface area contributed by atoms with E-state index in [1.807, 2.05) is 0 Å². The van der Waals surface area contributed by atoms with Gasteiger partial charge in [-0.15, -0.1) is 0 Å². The second-order valence-electron chi connectivity index (χ2n) is 3.83. The molecule has 0 saturated heterocycles. The summed E-state index contributed by atoms with van der Waals surface area (Å²) in [5.74, 6) is 0. The summed E-state index contributed by atoms with van der Waals surface area (Å²) in [6.07, 6.45) is 6.72. The fourth-order valence-corrected chi connectivity index (χ4v) is 2.57. The lowest BCUT2D eigenvalue weighted by Gasteiger charge is -2.29. The molecule has 11 heavy (non-hydrogen) atoms. The van der Waals surface area contributed by atoms with Gasteiger partial charge in [0.25, 0.3) is 0 Å². The van der Waals surface area contributed by atoms with E-state index in [9.17, 15) is 5.11 Å². The van der Waals surface area contributed by atoms with Crippen LogP contribution in [-0.2, 0) is 0 Å². The molecule has 1 N–H and O–H groups in total. The SMILES string of the molecule is OCC12C=C3CC(=CN1C3)C2. The molecule has 1 aliphatic carbocycles. The first-order valence-corrected chi connectivity index (χ1v) is 4.10. The Morgan fingerprint density at radius 2 is 2.45 bits per heavy atom. The number of hydrogen-bond acceptors (Lipinski definition) is 2. The van der Waals surface area contributed by atoms with Crippen molar-refractivity contribution in [2.75, 3.05) is 13.2 Å². The van der Waals surface area contributed by atoms with Crippen molar-refractivity contribution in [3.63, 3.8) is 0 Å². The molecule has 0 amide bonds. The van der Waals surface area contributed by atoms with Crippen LogP contribution < -0.4 is 0 Å². The molecular weight excluding hydrogens is 138 g/mol. The van der Waals surface area contributed by atoms with Crippen molar-refractivity contribution >= 4 is 0 Å². The van der Waals surface area contributed by atoms with Crippen LogP contribution in [0.2, 0.25) is 0 Å². The van der Waals surface area contributed by atoms with Crippen LogP contribution in [0, 0.1) is 0 Å². The second-order valence-corrected chi connectivity index (χ2v) is 3.83. The Labute approximate surface area is 65.8 Å². The summed E-state index contributed by atoms with van der Waals surface area (Å²) in [5.41, 5.74) is 3.01. The highest BCUT2D eigenvalue weighted by Gasteiger charge is 2.46. The zero-order chi connectivity index (χ0) is 7.47. The average Bonchev–Trinajstić information content (AvgIpc) is 2.37. The molecule has 0 fully saturated rings. The van der Waals surface area contributed by atoms with Crippen LogP contribution in [-0.4, -0.2) is 28.7 Å². The normalized spacial score (nSPS) is 38.1. The second kappa shape index (κ2) is 1.53. The van der Waals surface area contributed by atoms with E-state index >= 15 is 0 Å². The molecule has 0 radical (unpaired) electrons. The van der Waals surface area contributed by atoms with Gasteiger partial charge in [0.2, 0.25) is 0 Å². The number of aliphatic hydroxyl groups excluding tert-OH is 1. The minimum absolute atomic E-state index is 0.00289. The van der Waals surface area contributed by atoms with E-state index in [-0.39, 0.29) is 12.1 Å². The quantitative estimate of drug-likeness (QED) is 0.553. The fourth-order valence-electron chi connectivity index (χ4n) is 2.57. The van der Waals surface area contributed by atoms with Crippen LogP contribution in [0.1, 0.15) is 12.8 Å². The van der Waals surface area contributed by atoms with E-state index < -0.39 is 0 Å². The monoisotopic (exact) mass is 149 g/mol. The van der Waals surface area contributed by atoms with Crippen molar-refractivity contribution in [3.8, 4) is 0 Å². The van der Waals surface area contributed by atoms with E-state index in [0.717, 1.165) is 19.4 Å². The van der Waals surface area contributed by atoms with E-state index in [0.29, 0.717) is 0 Å². The van der Waals surface area contributed by atoms with E-state index in [2.05, 4.69) is 17.2 Å². The fraction of sp³-hybridized carbons (Fsp3) is 0.556. The lowest BCUT2D eigenvalue weighted by atomic mass is 9.87. The summed E-state index contributed by atoms with van der Waals surface area (Å²) in [6, 6.07) is 0. The highest BCUT2D eigenvalue weighted by atomic mass is 16.3. The van der Waals surface area contributed by atoms with Gasteiger partial charge < -0.3 is 10.0 Å². The Hall–Kier alpha value is -0.760. The maximum atomic E-state index is 9.25. The first-order chi connectivity index (χ1) is 5.32. The Morgan fingerprint density at radius 3 is 3.09 bits per heavy atom. The molecule has 0 saturated carbocycles. The van der Waals surface area contributed by atoms with Crippen molar-refractivity contribution in [2.45, 2.75) is 18.4 Å². The first kappa shape index (κ1) is 5.84. The van der Waals surface area contributed by atoms with Crippen molar-refractivity contribution in [1.82, 2.24) is 4.90 Å². The molecule has 0 aromatic carbocycles. The highest BCUT2D eigenvalue weighted by Crippen LogP contribution is 2.46. The van der Waals surface area contributed by atoms with Crippen molar-refractivity contribution in [3.05, 3.63) is 23.4 Å². The molecule has 4 aliphatic rings. The maximum absolute atomic E-state index is 9.25. The van der Waals surface area contributed by atoms with Crippen LogP contribution in [0.5, 0.6) is 0 Å². The Kier molecular flexibility index (Phi) is 0.812. The lowest BCUT2D eigenvalue weighted by Crippen LogP contribution is -2.40. The summed E-state index contributed by atoms with van der Waals surface area (Å²) >= 11 is 0. The zero-order valence-electron chi connectivity index (χ0n) is 6.38. The molecule has 0 spiro atoms. The Morgan fingerprint density at radius 1 is 1.55 bits per heavy atom. The van der Waals surface area contributed by atoms with E-state index in [4.69, 9.17) is 0 Å². The molecule has 58 valence electrons. The minimum atomic E-state index is 0.00289. The molecule has 1 atom stereocenters. The Bertz CT molecular complexity index is 279. The van der Waals surface area contributed by atoms with Crippen LogP contribution >= 0.6 is 0 Å². The predicted molar refractivity (Wildman–Crippen MR) is 41.9 cm³/mol. The van der Waals surface area contributed by atoms with Crippen molar-refractivity contribution < 1.29 is 5.11 Å². The summed E-state index contributed by atoms with van der Waals surface area (Å²) in [5, 5.41) is 9.25. The maximum Gasteiger partial charge on any atom is 0.0854 e. The topological polar surface area (TPSA) is 23.5 Å². The largest absolute Gasteiger partial charge is 0.394 e. The minimum Gasteiger partial charge on any atom is -0.394 e. The van der Waals surface area contributed by atoms with Crippen LogP contribution in [0.3, 0.4) is 0 Å². The van der Waals surface area contributed by atoms with Crippen molar-refractivity contribution in [1.29, 1.82) is 0 Å². The number of hydrogen-bond donors (Lipinski definition) is 1. The van der Waals surface area contributed by atoms with Gasteiger partial charge in [-0.05, 0) is 30.2 Å². The average molecular weight is 149 g/mol. The van der Waals surface area contributed by atoms with E-state index in [1.54, 1.807) is 0 Å². The molecule has 4 rings (SSSR count). The Balaban J connectivity index is 2.14. The highest BCUT2D eigenvalue weighted by molar-refractivity contribution is 5.42. The standard InChI is InChI=1S/C9H11NO/c11-6-9-2-7-1-8(3-9)5-10(9)4-7/h2,5,11H,1,3-4,6H2. The molecule has 4 bridgehead atoms. The lowest BCUT2D eigenvalue weighted by molar-refractivity contribution is 0.140. The van der Waals surface area contributed by atoms with Crippen LogP contribution in [0.25, 0.3) is 0 Å². The number of aliphatic hydroxyl groups is 1. The first-order valence-electron chi connectivity index (χ1n) is 4.10. The third kappa shape index (κ3) is 0.530. The molecule has 1 unspecified atom stereocenters. The van der Waals surface area contributed by atoms with Gasteiger partial charge in [-0.2, -0.15) is 0 Å². The molecule has 2 heteroatoms. The van der Waals surface area contributed by atoms with Gasteiger partial charge in [0, 0.05) is 6.54 Å².